The molecule has 9 heteroatoms. The van der Waals surface area contributed by atoms with Crippen LogP contribution in [0.4, 0.5) is 19.0 Å². The summed E-state index contributed by atoms with van der Waals surface area (Å²) >= 11 is 0. The van der Waals surface area contributed by atoms with Crippen molar-refractivity contribution in [3.63, 3.8) is 0 Å². The molecule has 0 radical (unpaired) electrons. The fourth-order valence-electron chi connectivity index (χ4n) is 2.84. The van der Waals surface area contributed by atoms with E-state index in [9.17, 15) is 22.8 Å². The van der Waals surface area contributed by atoms with E-state index in [4.69, 9.17) is 0 Å². The number of halogens is 3. The number of alkyl halides is 3. The van der Waals surface area contributed by atoms with Gasteiger partial charge in [-0.1, -0.05) is 0 Å². The molecule has 1 N–H and O–H groups in total. The standard InChI is InChI=1S/C17H22F3N3O3/c1-26-16(25)6-2-5-15(24)22-13-4-3-9-23(11-13)14-8-7-12(10-21-14)17(18,19)20/h7-8,10,13H,2-6,9,11H2,1H3,(H,22,24). The molecular formula is C17H22F3N3O3. The minimum atomic E-state index is -4.41. The van der Waals surface area contributed by atoms with Crippen molar-refractivity contribution in [2.45, 2.75) is 44.3 Å². The van der Waals surface area contributed by atoms with Crippen LogP contribution in [0.5, 0.6) is 0 Å². The topological polar surface area (TPSA) is 71.5 Å². The highest BCUT2D eigenvalue weighted by molar-refractivity contribution is 5.77. The van der Waals surface area contributed by atoms with E-state index in [1.165, 1.54) is 13.2 Å². The lowest BCUT2D eigenvalue weighted by Gasteiger charge is -2.34. The summed E-state index contributed by atoms with van der Waals surface area (Å²) < 4.78 is 42.4. The van der Waals surface area contributed by atoms with Crippen molar-refractivity contribution in [1.82, 2.24) is 10.3 Å². The second kappa shape index (κ2) is 8.86. The SMILES string of the molecule is COC(=O)CCCC(=O)NC1CCCN(c2ccc(C(F)(F)F)cn2)C1. The summed E-state index contributed by atoms with van der Waals surface area (Å²) in [5, 5.41) is 2.91. The Bertz CT molecular complexity index is 620. The highest BCUT2D eigenvalue weighted by Crippen LogP contribution is 2.29. The lowest BCUT2D eigenvalue weighted by molar-refractivity contribution is -0.141. The summed E-state index contributed by atoms with van der Waals surface area (Å²) in [5.74, 6) is -0.0428. The van der Waals surface area contributed by atoms with Crippen LogP contribution in [0, 0.1) is 0 Å². The zero-order valence-corrected chi connectivity index (χ0v) is 14.5. The van der Waals surface area contributed by atoms with Crippen LogP contribution in [0.2, 0.25) is 0 Å². The molecule has 1 saturated heterocycles. The Kier molecular flexibility index (Phi) is 6.82. The lowest BCUT2D eigenvalue weighted by atomic mass is 10.1. The van der Waals surface area contributed by atoms with Crippen LogP contribution in [-0.2, 0) is 20.5 Å². The quantitative estimate of drug-likeness (QED) is 0.776. The van der Waals surface area contributed by atoms with Crippen molar-refractivity contribution in [2.75, 3.05) is 25.1 Å². The van der Waals surface area contributed by atoms with Gasteiger partial charge in [-0.15, -0.1) is 0 Å². The number of carbonyl (C=O) groups is 2. The van der Waals surface area contributed by atoms with Gasteiger partial charge in [0.2, 0.25) is 5.91 Å². The number of anilines is 1. The molecule has 1 atom stereocenters. The summed E-state index contributed by atoms with van der Waals surface area (Å²) in [5.41, 5.74) is -0.784. The third-order valence-corrected chi connectivity index (χ3v) is 4.20. The number of amides is 1. The first-order valence-corrected chi connectivity index (χ1v) is 8.44. The molecule has 0 spiro atoms. The van der Waals surface area contributed by atoms with E-state index >= 15 is 0 Å². The van der Waals surface area contributed by atoms with Crippen LogP contribution in [0.15, 0.2) is 18.3 Å². The predicted molar refractivity (Wildman–Crippen MR) is 88.5 cm³/mol. The zero-order chi connectivity index (χ0) is 19.2. The molecule has 0 bridgehead atoms. The summed E-state index contributed by atoms with van der Waals surface area (Å²) in [6.07, 6.45) is -1.16. The number of hydrogen-bond donors (Lipinski definition) is 1. The molecule has 1 fully saturated rings. The van der Waals surface area contributed by atoms with Crippen molar-refractivity contribution >= 4 is 17.7 Å². The zero-order valence-electron chi connectivity index (χ0n) is 14.5. The third kappa shape index (κ3) is 5.89. The average molecular weight is 373 g/mol. The molecule has 1 aliphatic rings. The fraction of sp³-hybridized carbons (Fsp3) is 0.588. The van der Waals surface area contributed by atoms with Crippen molar-refractivity contribution < 1.29 is 27.5 Å². The number of hydrogen-bond acceptors (Lipinski definition) is 5. The van der Waals surface area contributed by atoms with Crippen LogP contribution < -0.4 is 10.2 Å². The van der Waals surface area contributed by atoms with E-state index in [1.54, 1.807) is 0 Å². The van der Waals surface area contributed by atoms with Crippen molar-refractivity contribution in [1.29, 1.82) is 0 Å². The first-order valence-electron chi connectivity index (χ1n) is 8.44. The number of ether oxygens (including phenoxy) is 1. The van der Waals surface area contributed by atoms with E-state index < -0.39 is 11.7 Å². The largest absolute Gasteiger partial charge is 0.469 e. The van der Waals surface area contributed by atoms with Gasteiger partial charge in [0.25, 0.3) is 0 Å². The van der Waals surface area contributed by atoms with Gasteiger partial charge in [0.15, 0.2) is 0 Å². The van der Waals surface area contributed by atoms with Crippen molar-refractivity contribution in [3.05, 3.63) is 23.9 Å². The summed E-state index contributed by atoms with van der Waals surface area (Å²) in [6, 6.07) is 2.26. The lowest BCUT2D eigenvalue weighted by Crippen LogP contribution is -2.48. The average Bonchev–Trinajstić information content (AvgIpc) is 2.61. The summed E-state index contributed by atoms with van der Waals surface area (Å²) in [6.45, 7) is 1.16. The maximum absolute atomic E-state index is 12.6. The molecule has 26 heavy (non-hydrogen) atoms. The monoisotopic (exact) mass is 373 g/mol. The highest BCUT2D eigenvalue weighted by Gasteiger charge is 2.31. The molecule has 1 aliphatic heterocycles. The van der Waals surface area contributed by atoms with Crippen LogP contribution in [0.3, 0.4) is 0 Å². The van der Waals surface area contributed by atoms with Gasteiger partial charge in [0.1, 0.15) is 5.82 Å². The number of esters is 1. The Labute approximate surface area is 149 Å². The van der Waals surface area contributed by atoms with E-state index in [1.807, 2.05) is 4.90 Å². The van der Waals surface area contributed by atoms with E-state index in [2.05, 4.69) is 15.0 Å². The Morgan fingerprint density at radius 2 is 2.12 bits per heavy atom. The Morgan fingerprint density at radius 3 is 2.73 bits per heavy atom. The Hall–Kier alpha value is -2.32. The highest BCUT2D eigenvalue weighted by atomic mass is 19.4. The molecule has 1 aromatic rings. The molecule has 1 unspecified atom stereocenters. The van der Waals surface area contributed by atoms with Crippen LogP contribution in [-0.4, -0.2) is 43.1 Å². The second-order valence-corrected chi connectivity index (χ2v) is 6.19. The van der Waals surface area contributed by atoms with Crippen LogP contribution >= 0.6 is 0 Å². The maximum Gasteiger partial charge on any atom is 0.417 e. The molecular weight excluding hydrogens is 351 g/mol. The Balaban J connectivity index is 1.84. The molecule has 0 aromatic carbocycles. The molecule has 2 rings (SSSR count). The molecule has 0 saturated carbocycles. The number of rotatable bonds is 6. The van der Waals surface area contributed by atoms with Crippen molar-refractivity contribution in [2.24, 2.45) is 0 Å². The third-order valence-electron chi connectivity index (χ3n) is 4.20. The first-order chi connectivity index (χ1) is 12.3. The van der Waals surface area contributed by atoms with Gasteiger partial charge in [-0.2, -0.15) is 13.2 Å². The van der Waals surface area contributed by atoms with Crippen LogP contribution in [0.1, 0.15) is 37.7 Å². The maximum atomic E-state index is 12.6. The number of piperidine rings is 1. The van der Waals surface area contributed by atoms with Gasteiger partial charge in [-0.3, -0.25) is 9.59 Å². The molecule has 2 heterocycles. The smallest absolute Gasteiger partial charge is 0.417 e. The number of carbonyl (C=O) groups excluding carboxylic acids is 2. The van der Waals surface area contributed by atoms with E-state index in [0.717, 1.165) is 25.1 Å². The minimum Gasteiger partial charge on any atom is -0.469 e. The van der Waals surface area contributed by atoms with Crippen molar-refractivity contribution in [3.8, 4) is 0 Å². The number of methoxy groups -OCH3 is 1. The molecule has 1 aromatic heterocycles. The number of pyridine rings is 1. The van der Waals surface area contributed by atoms with E-state index in [-0.39, 0.29) is 30.8 Å². The van der Waals surface area contributed by atoms with Gasteiger partial charge in [-0.25, -0.2) is 4.98 Å². The van der Waals surface area contributed by atoms with E-state index in [0.29, 0.717) is 25.3 Å². The number of nitrogens with zero attached hydrogens (tertiary/aromatic N) is 2. The minimum absolute atomic E-state index is 0.0986. The second-order valence-electron chi connectivity index (χ2n) is 6.19. The summed E-state index contributed by atoms with van der Waals surface area (Å²) in [4.78, 5) is 28.8. The Morgan fingerprint density at radius 1 is 1.35 bits per heavy atom. The molecule has 144 valence electrons. The number of nitrogens with one attached hydrogen (secondary N) is 1. The van der Waals surface area contributed by atoms with Gasteiger partial charge >= 0.3 is 12.1 Å². The first kappa shape index (κ1) is 20.0. The fourth-order valence-corrected chi connectivity index (χ4v) is 2.84. The molecule has 0 aliphatic carbocycles. The van der Waals surface area contributed by atoms with Gasteiger partial charge in [-0.05, 0) is 31.4 Å². The predicted octanol–water partition coefficient (Wildman–Crippen LogP) is 2.53. The number of aromatic nitrogens is 1. The van der Waals surface area contributed by atoms with Gasteiger partial charge < -0.3 is 15.0 Å². The van der Waals surface area contributed by atoms with Gasteiger partial charge in [0, 0.05) is 38.2 Å². The molecule has 1 amide bonds. The normalized spacial score (nSPS) is 17.7. The molecule has 6 nitrogen and oxygen atoms in total. The van der Waals surface area contributed by atoms with Gasteiger partial charge in [0.05, 0.1) is 12.7 Å². The van der Waals surface area contributed by atoms with Crippen LogP contribution in [0.25, 0.3) is 0 Å². The summed E-state index contributed by atoms with van der Waals surface area (Å²) in [7, 11) is 1.30.